The molecule has 0 aromatic rings. The van der Waals surface area contributed by atoms with Gasteiger partial charge in [-0.25, -0.2) is 0 Å². The van der Waals surface area contributed by atoms with Crippen molar-refractivity contribution >= 4 is 5.91 Å². The zero-order valence-corrected chi connectivity index (χ0v) is 6.92. The minimum Gasteiger partial charge on any atom is -0.480 e. The molecule has 66 valence electrons. The van der Waals surface area contributed by atoms with Crippen molar-refractivity contribution in [2.45, 2.75) is 6.92 Å². The second-order valence-electron chi connectivity index (χ2n) is 1.80. The summed E-state index contributed by atoms with van der Waals surface area (Å²) in [5.41, 5.74) is -0.417. The van der Waals surface area contributed by atoms with Crippen LogP contribution in [0.2, 0.25) is 0 Å². The van der Waals surface area contributed by atoms with Gasteiger partial charge in [-0.1, -0.05) is 0 Å². The number of hydrogen-bond acceptors (Lipinski definition) is 4. The van der Waals surface area contributed by atoms with E-state index in [1.165, 1.54) is 13.1 Å². The summed E-state index contributed by atoms with van der Waals surface area (Å²) in [4.78, 5) is 10.8. The van der Waals surface area contributed by atoms with Crippen molar-refractivity contribution < 1.29 is 14.6 Å². The van der Waals surface area contributed by atoms with Gasteiger partial charge < -0.3 is 15.2 Å². The van der Waals surface area contributed by atoms with E-state index in [9.17, 15) is 4.79 Å². The van der Waals surface area contributed by atoms with E-state index in [2.05, 4.69) is 10.1 Å². The van der Waals surface area contributed by atoms with E-state index >= 15 is 0 Å². The van der Waals surface area contributed by atoms with Crippen molar-refractivity contribution in [1.82, 2.24) is 5.32 Å². The second kappa shape index (κ2) is 5.02. The third-order valence-corrected chi connectivity index (χ3v) is 1.06. The second-order valence-corrected chi connectivity index (χ2v) is 1.80. The predicted molar refractivity (Wildman–Crippen MR) is 41.0 cm³/mol. The molecule has 2 N–H and O–H groups in total. The van der Waals surface area contributed by atoms with Crippen LogP contribution in [0.1, 0.15) is 6.92 Å². The first-order chi connectivity index (χ1) is 5.67. The smallest absolute Gasteiger partial charge is 0.301 e. The molecule has 0 aliphatic carbocycles. The maximum Gasteiger partial charge on any atom is 0.301 e. The number of ether oxygens (including phenoxy) is 1. The molecule has 0 aromatic heterocycles. The monoisotopic (exact) mass is 170 g/mol. The Hall–Kier alpha value is -1.70. The van der Waals surface area contributed by atoms with Gasteiger partial charge in [0.05, 0.1) is 6.61 Å². The van der Waals surface area contributed by atoms with Crippen LogP contribution in [-0.4, -0.2) is 24.7 Å². The van der Waals surface area contributed by atoms with Crippen LogP contribution >= 0.6 is 0 Å². The van der Waals surface area contributed by atoms with Gasteiger partial charge in [0.15, 0.2) is 5.57 Å². The fraction of sp³-hybridized carbons (Fsp3) is 0.429. The van der Waals surface area contributed by atoms with Gasteiger partial charge in [0.2, 0.25) is 0 Å². The number of rotatable bonds is 3. The first kappa shape index (κ1) is 10.3. The van der Waals surface area contributed by atoms with Crippen LogP contribution in [0.25, 0.3) is 0 Å². The van der Waals surface area contributed by atoms with Crippen LogP contribution in [-0.2, 0) is 9.53 Å². The van der Waals surface area contributed by atoms with Crippen molar-refractivity contribution in [3.63, 3.8) is 0 Å². The van der Waals surface area contributed by atoms with Crippen LogP contribution in [0.4, 0.5) is 0 Å². The number of hydrogen-bond donors (Lipinski definition) is 2. The molecule has 0 aliphatic rings. The van der Waals surface area contributed by atoms with Crippen molar-refractivity contribution in [3.8, 4) is 6.07 Å². The van der Waals surface area contributed by atoms with E-state index in [1.807, 2.05) is 0 Å². The lowest BCUT2D eigenvalue weighted by molar-refractivity contribution is -0.117. The zero-order valence-electron chi connectivity index (χ0n) is 6.92. The molecule has 5 heteroatoms. The molecule has 0 spiro atoms. The lowest BCUT2D eigenvalue weighted by atomic mass is 10.3. The minimum atomic E-state index is -0.663. The molecule has 0 atom stereocenters. The average Bonchev–Trinajstić information content (AvgIpc) is 2.06. The van der Waals surface area contributed by atoms with Crippen LogP contribution in [0.5, 0.6) is 0 Å². The summed E-state index contributed by atoms with van der Waals surface area (Å²) in [5.74, 6) is -1.30. The van der Waals surface area contributed by atoms with E-state index in [4.69, 9.17) is 10.4 Å². The van der Waals surface area contributed by atoms with Gasteiger partial charge in [-0.3, -0.25) is 4.79 Å². The Labute approximate surface area is 70.3 Å². The molecule has 0 aliphatic heterocycles. The molecule has 0 radical (unpaired) electrons. The van der Waals surface area contributed by atoms with Gasteiger partial charge in [-0.05, 0) is 6.92 Å². The fourth-order valence-electron chi connectivity index (χ4n) is 0.530. The van der Waals surface area contributed by atoms with E-state index in [1.54, 1.807) is 6.92 Å². The number of aliphatic hydroxyl groups excluding tert-OH is 1. The summed E-state index contributed by atoms with van der Waals surface area (Å²) >= 11 is 0. The molecule has 5 nitrogen and oxygen atoms in total. The van der Waals surface area contributed by atoms with Crippen LogP contribution < -0.4 is 5.32 Å². The van der Waals surface area contributed by atoms with Crippen molar-refractivity contribution in [3.05, 3.63) is 11.5 Å². The summed E-state index contributed by atoms with van der Waals surface area (Å²) in [6.07, 6.45) is 0. The Bertz CT molecular complexity index is 240. The van der Waals surface area contributed by atoms with Crippen molar-refractivity contribution in [2.24, 2.45) is 0 Å². The molecule has 1 amide bonds. The first-order valence-electron chi connectivity index (χ1n) is 3.35. The lowest BCUT2D eigenvalue weighted by Crippen LogP contribution is -2.21. The van der Waals surface area contributed by atoms with Crippen LogP contribution in [0.15, 0.2) is 11.5 Å². The summed E-state index contributed by atoms with van der Waals surface area (Å²) in [5, 5.41) is 19.6. The quantitative estimate of drug-likeness (QED) is 0.356. The maximum atomic E-state index is 10.8. The number of nitrogens with zero attached hydrogens (tertiary/aromatic N) is 1. The molecule has 0 aromatic carbocycles. The Morgan fingerprint density at radius 1 is 1.75 bits per heavy atom. The largest absolute Gasteiger partial charge is 0.480 e. The molecule has 0 fully saturated rings. The minimum absolute atomic E-state index is 0.202. The number of nitriles is 1. The molecule has 12 heavy (non-hydrogen) atoms. The van der Waals surface area contributed by atoms with Gasteiger partial charge in [0, 0.05) is 7.05 Å². The molecule has 0 bridgehead atoms. The molecule has 0 saturated heterocycles. The molecular weight excluding hydrogens is 160 g/mol. The van der Waals surface area contributed by atoms with E-state index in [-0.39, 0.29) is 6.61 Å². The summed E-state index contributed by atoms with van der Waals surface area (Å²) in [6.45, 7) is 1.84. The summed E-state index contributed by atoms with van der Waals surface area (Å²) in [6, 6.07) is 1.53. The Morgan fingerprint density at radius 2 is 2.33 bits per heavy atom. The third-order valence-electron chi connectivity index (χ3n) is 1.06. The lowest BCUT2D eigenvalue weighted by Gasteiger charge is -2.02. The highest BCUT2D eigenvalue weighted by Crippen LogP contribution is 2.01. The Morgan fingerprint density at radius 3 is 2.67 bits per heavy atom. The van der Waals surface area contributed by atoms with Gasteiger partial charge in [0.25, 0.3) is 5.91 Å². The number of likely N-dealkylation sites (N-methyl/N-ethyl adjacent to an activating group) is 1. The SMILES string of the molecule is CCO/C(O)=C(\C#N)C(=O)NC. The summed E-state index contributed by atoms with van der Waals surface area (Å²) < 4.78 is 4.57. The van der Waals surface area contributed by atoms with E-state index in [0.29, 0.717) is 0 Å². The van der Waals surface area contributed by atoms with Gasteiger partial charge in [0.1, 0.15) is 6.07 Å². The molecule has 0 heterocycles. The molecule has 0 saturated carbocycles. The molecular formula is C7H10N2O3. The number of carbonyl (C=O) groups excluding carboxylic acids is 1. The zero-order chi connectivity index (χ0) is 9.56. The van der Waals surface area contributed by atoms with E-state index in [0.717, 1.165) is 0 Å². The van der Waals surface area contributed by atoms with Crippen molar-refractivity contribution in [2.75, 3.05) is 13.7 Å². The highest BCUT2D eigenvalue weighted by atomic mass is 16.6. The maximum absolute atomic E-state index is 10.8. The fourth-order valence-corrected chi connectivity index (χ4v) is 0.530. The van der Waals surface area contributed by atoms with Gasteiger partial charge in [-0.2, -0.15) is 5.26 Å². The highest BCUT2D eigenvalue weighted by molar-refractivity contribution is 5.97. The Balaban J connectivity index is 4.64. The van der Waals surface area contributed by atoms with E-state index < -0.39 is 17.4 Å². The van der Waals surface area contributed by atoms with Crippen molar-refractivity contribution in [1.29, 1.82) is 5.26 Å². The number of amides is 1. The predicted octanol–water partition coefficient (Wildman–Crippen LogP) is 0.0621. The number of carbonyl (C=O) groups is 1. The third kappa shape index (κ3) is 2.50. The molecule has 0 unspecified atom stereocenters. The normalized spacial score (nSPS) is 11.1. The molecule has 0 rings (SSSR count). The number of aliphatic hydroxyl groups is 1. The average molecular weight is 170 g/mol. The summed E-state index contributed by atoms with van der Waals surface area (Å²) in [7, 11) is 1.36. The highest BCUT2D eigenvalue weighted by Gasteiger charge is 2.13. The van der Waals surface area contributed by atoms with Gasteiger partial charge >= 0.3 is 5.95 Å². The van der Waals surface area contributed by atoms with Crippen LogP contribution in [0.3, 0.4) is 0 Å². The number of nitrogens with one attached hydrogen (secondary N) is 1. The Kier molecular flexibility index (Phi) is 4.31. The first-order valence-corrected chi connectivity index (χ1v) is 3.35. The van der Waals surface area contributed by atoms with Gasteiger partial charge in [-0.15, -0.1) is 0 Å². The standard InChI is InChI=1S/C7H10N2O3/c1-3-12-7(11)5(4-8)6(10)9-2/h11H,3H2,1-2H3,(H,9,10)/b7-5+. The topological polar surface area (TPSA) is 82.3 Å². The van der Waals surface area contributed by atoms with Crippen LogP contribution in [0, 0.1) is 11.3 Å².